The Morgan fingerprint density at radius 3 is 2.19 bits per heavy atom. The van der Waals surface area contributed by atoms with Crippen LogP contribution in [0, 0.1) is 6.92 Å². The van der Waals surface area contributed by atoms with Gasteiger partial charge in [-0.25, -0.2) is 0 Å². The Morgan fingerprint density at radius 2 is 1.69 bits per heavy atom. The van der Waals surface area contributed by atoms with Crippen molar-refractivity contribution in [2.75, 3.05) is 0 Å². The molecule has 0 saturated carbocycles. The lowest BCUT2D eigenvalue weighted by molar-refractivity contribution is 0.353. The van der Waals surface area contributed by atoms with Crippen molar-refractivity contribution in [2.45, 2.75) is 58.3 Å². The van der Waals surface area contributed by atoms with Crippen molar-refractivity contribution in [3.8, 4) is 0 Å². The highest BCUT2D eigenvalue weighted by molar-refractivity contribution is 5.36. The summed E-state index contributed by atoms with van der Waals surface area (Å²) >= 11 is 0. The molecule has 0 fully saturated rings. The van der Waals surface area contributed by atoms with Gasteiger partial charge in [0.25, 0.3) is 0 Å². The maximum Gasteiger partial charge on any atom is -0.00495 e. The van der Waals surface area contributed by atoms with Gasteiger partial charge in [-0.05, 0) is 42.7 Å². The zero-order valence-electron chi connectivity index (χ0n) is 11.1. The van der Waals surface area contributed by atoms with Gasteiger partial charge in [-0.15, -0.1) is 0 Å². The Labute approximate surface area is 101 Å². The van der Waals surface area contributed by atoms with E-state index in [1.807, 2.05) is 0 Å². The Hall–Kier alpha value is -0.780. The third-order valence-corrected chi connectivity index (χ3v) is 3.95. The summed E-state index contributed by atoms with van der Waals surface area (Å²) in [6.45, 7) is 11.1. The van der Waals surface area contributed by atoms with E-state index in [2.05, 4.69) is 52.0 Å². The van der Waals surface area contributed by atoms with Crippen molar-refractivity contribution < 1.29 is 0 Å². The summed E-state index contributed by atoms with van der Waals surface area (Å²) in [5.74, 6) is 0. The Bertz CT molecular complexity index is 308. The molecule has 1 aromatic rings. The van der Waals surface area contributed by atoms with Gasteiger partial charge in [0.15, 0.2) is 0 Å². The molecule has 16 heavy (non-hydrogen) atoms. The molecule has 1 rings (SSSR count). The fraction of sp³-hybridized carbons (Fsp3) is 0.562. The molecule has 0 aliphatic rings. The number of hydrogen-bond donors (Lipinski definition) is 0. The minimum Gasteiger partial charge on any atom is -0.0654 e. The van der Waals surface area contributed by atoms with E-state index in [1.165, 1.54) is 43.2 Å². The van der Waals surface area contributed by atoms with Gasteiger partial charge >= 0.3 is 0 Å². The zero-order chi connectivity index (χ0) is 12.0. The quantitative estimate of drug-likeness (QED) is 0.620. The summed E-state index contributed by atoms with van der Waals surface area (Å²) in [7, 11) is 0. The summed E-state index contributed by atoms with van der Waals surface area (Å²) in [4.78, 5) is 0. The van der Waals surface area contributed by atoms with Gasteiger partial charge in [-0.3, -0.25) is 0 Å². The van der Waals surface area contributed by atoms with Crippen LogP contribution in [0.2, 0.25) is 0 Å². The van der Waals surface area contributed by atoms with Crippen LogP contribution in [0.5, 0.6) is 0 Å². The molecule has 0 heteroatoms. The van der Waals surface area contributed by atoms with Gasteiger partial charge in [0.2, 0.25) is 0 Å². The molecule has 0 aliphatic heterocycles. The van der Waals surface area contributed by atoms with Crippen LogP contribution in [-0.2, 0) is 5.41 Å². The highest BCUT2D eigenvalue weighted by Gasteiger charge is 2.28. The second-order valence-corrected chi connectivity index (χ2v) is 4.75. The summed E-state index contributed by atoms with van der Waals surface area (Å²) in [5.41, 5.74) is 3.03. The third-order valence-electron chi connectivity index (χ3n) is 3.95. The van der Waals surface area contributed by atoms with Crippen LogP contribution in [0.25, 0.3) is 0 Å². The third kappa shape index (κ3) is 2.66. The van der Waals surface area contributed by atoms with Crippen molar-refractivity contribution in [1.82, 2.24) is 0 Å². The van der Waals surface area contributed by atoms with Crippen LogP contribution in [0.4, 0.5) is 0 Å². The molecule has 0 heterocycles. The second kappa shape index (κ2) is 6.08. The molecule has 0 saturated heterocycles. The molecule has 0 spiro atoms. The molecule has 0 N–H and O–H groups in total. The van der Waals surface area contributed by atoms with Crippen LogP contribution in [0.1, 0.15) is 64.0 Å². The lowest BCUT2D eigenvalue weighted by atomic mass is 9.71. The molecular formula is C16H25. The average molecular weight is 217 g/mol. The van der Waals surface area contributed by atoms with Crippen LogP contribution in [0.15, 0.2) is 24.3 Å². The number of hydrogen-bond acceptors (Lipinski definition) is 0. The minimum absolute atomic E-state index is 0.356. The summed E-state index contributed by atoms with van der Waals surface area (Å²) < 4.78 is 0. The molecule has 0 nitrogen and oxygen atoms in total. The van der Waals surface area contributed by atoms with E-state index >= 15 is 0 Å². The molecule has 1 radical (unpaired) electrons. The first kappa shape index (κ1) is 13.3. The van der Waals surface area contributed by atoms with Crippen molar-refractivity contribution in [3.05, 3.63) is 42.3 Å². The summed E-state index contributed by atoms with van der Waals surface area (Å²) in [6.07, 6.45) is 6.33. The molecule has 0 unspecified atom stereocenters. The Kier molecular flexibility index (Phi) is 5.05. The van der Waals surface area contributed by atoms with Crippen molar-refractivity contribution in [1.29, 1.82) is 0 Å². The molecule has 0 atom stereocenters. The SMILES string of the molecule is [CH2]c1ccccc1C(CC)(CC)CCCC. The maximum atomic E-state index is 4.19. The second-order valence-electron chi connectivity index (χ2n) is 4.75. The summed E-state index contributed by atoms with van der Waals surface area (Å²) in [6, 6.07) is 8.64. The first-order chi connectivity index (χ1) is 7.70. The topological polar surface area (TPSA) is 0 Å². The maximum absolute atomic E-state index is 4.19. The molecule has 0 aromatic heterocycles. The summed E-state index contributed by atoms with van der Waals surface area (Å²) in [5, 5.41) is 0. The smallest absolute Gasteiger partial charge is 0.00495 e. The van der Waals surface area contributed by atoms with E-state index < -0.39 is 0 Å². The van der Waals surface area contributed by atoms with Crippen LogP contribution < -0.4 is 0 Å². The van der Waals surface area contributed by atoms with Crippen molar-refractivity contribution in [3.63, 3.8) is 0 Å². The lowest BCUT2D eigenvalue weighted by Gasteiger charge is -2.34. The van der Waals surface area contributed by atoms with Crippen molar-refractivity contribution in [2.24, 2.45) is 0 Å². The van der Waals surface area contributed by atoms with Gasteiger partial charge in [0.05, 0.1) is 0 Å². The van der Waals surface area contributed by atoms with E-state index in [4.69, 9.17) is 0 Å². The molecule has 0 amide bonds. The Balaban J connectivity index is 3.05. The average Bonchev–Trinajstić information content (AvgIpc) is 2.33. The Morgan fingerprint density at radius 1 is 1.06 bits per heavy atom. The predicted molar refractivity (Wildman–Crippen MR) is 72.7 cm³/mol. The van der Waals surface area contributed by atoms with Crippen molar-refractivity contribution >= 4 is 0 Å². The normalized spacial score (nSPS) is 11.8. The van der Waals surface area contributed by atoms with E-state index in [1.54, 1.807) is 0 Å². The lowest BCUT2D eigenvalue weighted by Crippen LogP contribution is -2.25. The van der Waals surface area contributed by atoms with E-state index in [0.717, 1.165) is 0 Å². The van der Waals surface area contributed by atoms with Gasteiger partial charge in [0, 0.05) is 0 Å². The highest BCUT2D eigenvalue weighted by Crippen LogP contribution is 2.38. The van der Waals surface area contributed by atoms with Gasteiger partial charge in [0.1, 0.15) is 0 Å². The van der Waals surface area contributed by atoms with Gasteiger partial charge < -0.3 is 0 Å². The van der Waals surface area contributed by atoms with Crippen LogP contribution >= 0.6 is 0 Å². The van der Waals surface area contributed by atoms with Crippen LogP contribution in [0.3, 0.4) is 0 Å². The standard InChI is InChI=1S/C16H25/c1-5-8-13-16(6-2,7-3)15-12-10-9-11-14(15)4/h9-12H,4-8,13H2,1-3H3. The van der Waals surface area contributed by atoms with E-state index in [9.17, 15) is 0 Å². The largest absolute Gasteiger partial charge is 0.0654 e. The number of rotatable bonds is 6. The fourth-order valence-corrected chi connectivity index (χ4v) is 2.67. The predicted octanol–water partition coefficient (Wildman–Crippen LogP) is 5.12. The highest BCUT2D eigenvalue weighted by atomic mass is 14.3. The van der Waals surface area contributed by atoms with E-state index in [-0.39, 0.29) is 0 Å². The van der Waals surface area contributed by atoms with E-state index in [0.29, 0.717) is 5.41 Å². The number of unbranched alkanes of at least 4 members (excludes halogenated alkanes) is 1. The molecule has 0 aliphatic carbocycles. The minimum atomic E-state index is 0.356. The monoisotopic (exact) mass is 217 g/mol. The molecular weight excluding hydrogens is 192 g/mol. The number of benzene rings is 1. The van der Waals surface area contributed by atoms with Crippen LogP contribution in [-0.4, -0.2) is 0 Å². The molecule has 1 aromatic carbocycles. The molecule has 89 valence electrons. The molecule has 0 bridgehead atoms. The first-order valence-electron chi connectivity index (χ1n) is 6.61. The first-order valence-corrected chi connectivity index (χ1v) is 6.61. The fourth-order valence-electron chi connectivity index (χ4n) is 2.67. The van der Waals surface area contributed by atoms with Gasteiger partial charge in [-0.2, -0.15) is 0 Å². The van der Waals surface area contributed by atoms with Gasteiger partial charge in [-0.1, -0.05) is 57.9 Å². The zero-order valence-corrected chi connectivity index (χ0v) is 11.1.